The number of likely N-dealkylation sites (tertiary alicyclic amines) is 1. The Morgan fingerprint density at radius 3 is 2.62 bits per heavy atom. The number of nitrogens with one attached hydrogen (secondary N) is 2. The summed E-state index contributed by atoms with van der Waals surface area (Å²) in [5.74, 6) is -1.79. The number of hydrogen-bond acceptors (Lipinski definition) is 5. The summed E-state index contributed by atoms with van der Waals surface area (Å²) in [6, 6.07) is 8.52. The van der Waals surface area contributed by atoms with Gasteiger partial charge in [0, 0.05) is 25.4 Å². The van der Waals surface area contributed by atoms with Crippen LogP contribution in [0.25, 0.3) is 0 Å². The fraction of sp³-hybridized carbons (Fsp3) is 0.654. The number of nitrogens with zero attached hydrogens (tertiary/aromatic N) is 1. The molecule has 3 amide bonds. The molecule has 3 fully saturated rings. The van der Waals surface area contributed by atoms with E-state index in [9.17, 15) is 14.4 Å². The van der Waals surface area contributed by atoms with Crippen LogP contribution in [-0.4, -0.2) is 65.2 Å². The Morgan fingerprint density at radius 2 is 1.88 bits per heavy atom. The van der Waals surface area contributed by atoms with Crippen molar-refractivity contribution in [3.63, 3.8) is 0 Å². The van der Waals surface area contributed by atoms with Gasteiger partial charge in [0.2, 0.25) is 17.7 Å². The number of aliphatic hydroxyl groups is 1. The summed E-state index contributed by atoms with van der Waals surface area (Å²) in [6.07, 6.45) is 5.98. The molecule has 3 heterocycles. The number of hydrogen-bond donors (Lipinski definition) is 3. The lowest BCUT2D eigenvalue weighted by Crippen LogP contribution is -2.55. The van der Waals surface area contributed by atoms with Crippen molar-refractivity contribution in [2.45, 2.75) is 76.0 Å². The number of anilines is 1. The summed E-state index contributed by atoms with van der Waals surface area (Å²) in [5.41, 5.74) is -0.258. The van der Waals surface area contributed by atoms with Gasteiger partial charge in [-0.1, -0.05) is 44.4 Å². The van der Waals surface area contributed by atoms with Crippen LogP contribution in [0.15, 0.2) is 30.3 Å². The van der Waals surface area contributed by atoms with E-state index in [4.69, 9.17) is 9.84 Å². The summed E-state index contributed by atoms with van der Waals surface area (Å²) in [4.78, 5) is 42.1. The number of aliphatic hydroxyl groups excluding tert-OH is 1. The third kappa shape index (κ3) is 4.58. The number of rotatable bonds is 12. The highest BCUT2D eigenvalue weighted by Gasteiger charge is 2.74. The molecule has 1 aromatic rings. The van der Waals surface area contributed by atoms with Gasteiger partial charge in [-0.2, -0.15) is 0 Å². The lowest BCUT2D eigenvalue weighted by Gasteiger charge is -2.33. The largest absolute Gasteiger partial charge is 0.396 e. The standard InChI is InChI=1S/C26H37N3O5/c1-2-3-15-27-24(32)22-26-14-13-19(34-26)20(23(31)28-18-11-7-6-8-12-18)21(26)25(33)29(22)16-9-4-5-10-17-30/h6-8,11-12,19-22,30H,2-5,9-10,13-17H2,1H3,(H,27,32)(H,28,31)/t19-,20+,21+,22?,26?/m1/s1. The van der Waals surface area contributed by atoms with Crippen molar-refractivity contribution in [1.82, 2.24) is 10.2 Å². The van der Waals surface area contributed by atoms with E-state index in [1.54, 1.807) is 4.90 Å². The van der Waals surface area contributed by atoms with Gasteiger partial charge in [0.1, 0.15) is 11.6 Å². The second-order valence-electron chi connectivity index (χ2n) is 9.73. The zero-order valence-electron chi connectivity index (χ0n) is 20.0. The maximum absolute atomic E-state index is 13.7. The van der Waals surface area contributed by atoms with E-state index < -0.39 is 23.5 Å². The van der Waals surface area contributed by atoms with Crippen molar-refractivity contribution < 1.29 is 24.2 Å². The Kier molecular flexibility index (Phi) is 7.88. The summed E-state index contributed by atoms with van der Waals surface area (Å²) >= 11 is 0. The molecule has 3 aliphatic heterocycles. The molecule has 4 rings (SSSR count). The minimum absolute atomic E-state index is 0.145. The molecule has 0 aliphatic carbocycles. The van der Waals surface area contributed by atoms with E-state index in [1.165, 1.54) is 0 Å². The van der Waals surface area contributed by atoms with Crippen molar-refractivity contribution in [3.05, 3.63) is 30.3 Å². The van der Waals surface area contributed by atoms with E-state index in [1.807, 2.05) is 30.3 Å². The first-order chi connectivity index (χ1) is 16.5. The molecule has 34 heavy (non-hydrogen) atoms. The van der Waals surface area contributed by atoms with Gasteiger partial charge in [-0.3, -0.25) is 14.4 Å². The normalized spacial score (nSPS) is 29.4. The van der Waals surface area contributed by atoms with Gasteiger partial charge in [0.25, 0.3) is 0 Å². The van der Waals surface area contributed by atoms with Gasteiger partial charge < -0.3 is 25.4 Å². The third-order valence-electron chi connectivity index (χ3n) is 7.53. The van der Waals surface area contributed by atoms with E-state index in [0.29, 0.717) is 31.6 Å². The molecule has 3 aliphatic rings. The Labute approximate surface area is 201 Å². The molecule has 0 radical (unpaired) electrons. The van der Waals surface area contributed by atoms with Crippen LogP contribution >= 0.6 is 0 Å². The molecule has 8 nitrogen and oxygen atoms in total. The van der Waals surface area contributed by atoms with Gasteiger partial charge >= 0.3 is 0 Å². The second-order valence-corrected chi connectivity index (χ2v) is 9.73. The number of amides is 3. The molecule has 1 aromatic carbocycles. The number of carbonyl (C=O) groups excluding carboxylic acids is 3. The number of carbonyl (C=O) groups is 3. The predicted molar refractivity (Wildman–Crippen MR) is 128 cm³/mol. The fourth-order valence-corrected chi connectivity index (χ4v) is 5.97. The maximum Gasteiger partial charge on any atom is 0.245 e. The molecule has 5 atom stereocenters. The van der Waals surface area contributed by atoms with Crippen LogP contribution in [0.1, 0.15) is 58.3 Å². The van der Waals surface area contributed by atoms with Crippen molar-refractivity contribution in [2.75, 3.05) is 25.0 Å². The van der Waals surface area contributed by atoms with E-state index in [-0.39, 0.29) is 30.4 Å². The average molecular weight is 472 g/mol. The van der Waals surface area contributed by atoms with Crippen LogP contribution in [0.5, 0.6) is 0 Å². The van der Waals surface area contributed by atoms with Crippen LogP contribution in [0, 0.1) is 11.8 Å². The molecule has 3 N–H and O–H groups in total. The SMILES string of the molecule is CCCCNC(=O)C1N(CCCCCCO)C(=O)[C@@H]2[C@@H](C(=O)Nc3ccccc3)[C@H]3CCC12O3. The Balaban J connectivity index is 1.55. The molecule has 2 bridgehead atoms. The Bertz CT molecular complexity index is 878. The third-order valence-corrected chi connectivity index (χ3v) is 7.53. The Morgan fingerprint density at radius 1 is 1.12 bits per heavy atom. The lowest BCUT2D eigenvalue weighted by molar-refractivity contribution is -0.141. The summed E-state index contributed by atoms with van der Waals surface area (Å²) in [7, 11) is 0. The monoisotopic (exact) mass is 471 g/mol. The highest BCUT2D eigenvalue weighted by Crippen LogP contribution is 2.58. The Hall–Kier alpha value is -2.45. The molecule has 3 saturated heterocycles. The molecular formula is C26H37N3O5. The summed E-state index contributed by atoms with van der Waals surface area (Å²) < 4.78 is 6.42. The minimum atomic E-state index is -0.943. The highest BCUT2D eigenvalue weighted by atomic mass is 16.5. The number of para-hydroxylation sites is 1. The molecule has 0 saturated carbocycles. The smallest absolute Gasteiger partial charge is 0.245 e. The van der Waals surface area contributed by atoms with Crippen molar-refractivity contribution in [2.24, 2.45) is 11.8 Å². The number of unbranched alkanes of at least 4 members (excludes halogenated alkanes) is 4. The molecular weight excluding hydrogens is 434 g/mol. The van der Waals surface area contributed by atoms with Crippen molar-refractivity contribution in [3.8, 4) is 0 Å². The second kappa shape index (κ2) is 10.9. The van der Waals surface area contributed by atoms with Crippen LogP contribution < -0.4 is 10.6 Å². The average Bonchev–Trinajstić information content (AvgIpc) is 3.47. The van der Waals surface area contributed by atoms with Crippen LogP contribution in [0.4, 0.5) is 5.69 Å². The minimum Gasteiger partial charge on any atom is -0.396 e. The zero-order valence-corrected chi connectivity index (χ0v) is 20.0. The molecule has 0 aromatic heterocycles. The van der Waals surface area contributed by atoms with Gasteiger partial charge in [0.05, 0.1) is 17.9 Å². The van der Waals surface area contributed by atoms with Gasteiger partial charge in [-0.05, 0) is 44.2 Å². The topological polar surface area (TPSA) is 108 Å². The summed E-state index contributed by atoms with van der Waals surface area (Å²) in [6.45, 7) is 3.24. The van der Waals surface area contributed by atoms with Crippen molar-refractivity contribution in [1.29, 1.82) is 0 Å². The quantitative estimate of drug-likeness (QED) is 0.406. The lowest BCUT2D eigenvalue weighted by atomic mass is 9.70. The molecule has 2 unspecified atom stereocenters. The molecule has 1 spiro atoms. The zero-order chi connectivity index (χ0) is 24.1. The van der Waals surface area contributed by atoms with Gasteiger partial charge in [-0.15, -0.1) is 0 Å². The number of ether oxygens (including phenoxy) is 1. The fourth-order valence-electron chi connectivity index (χ4n) is 5.97. The predicted octanol–water partition coefficient (Wildman–Crippen LogP) is 2.47. The van der Waals surface area contributed by atoms with E-state index in [0.717, 1.165) is 38.5 Å². The first-order valence-corrected chi connectivity index (χ1v) is 12.8. The van der Waals surface area contributed by atoms with Gasteiger partial charge in [-0.25, -0.2) is 0 Å². The maximum atomic E-state index is 13.7. The van der Waals surface area contributed by atoms with E-state index in [2.05, 4.69) is 17.6 Å². The first kappa shape index (κ1) is 24.7. The highest BCUT2D eigenvalue weighted by molar-refractivity contribution is 6.01. The van der Waals surface area contributed by atoms with E-state index >= 15 is 0 Å². The van der Waals surface area contributed by atoms with Crippen LogP contribution in [-0.2, 0) is 19.1 Å². The molecule has 8 heteroatoms. The van der Waals surface area contributed by atoms with Crippen LogP contribution in [0.3, 0.4) is 0 Å². The van der Waals surface area contributed by atoms with Gasteiger partial charge in [0.15, 0.2) is 0 Å². The number of fused-ring (bicyclic) bond motifs is 1. The summed E-state index contributed by atoms with van der Waals surface area (Å²) in [5, 5.41) is 15.0. The number of benzene rings is 1. The van der Waals surface area contributed by atoms with Crippen molar-refractivity contribution >= 4 is 23.4 Å². The van der Waals surface area contributed by atoms with Crippen LogP contribution in [0.2, 0.25) is 0 Å². The first-order valence-electron chi connectivity index (χ1n) is 12.8. The molecule has 186 valence electrons.